The number of hydrogen-bond acceptors (Lipinski definition) is 2. The third-order valence-corrected chi connectivity index (χ3v) is 3.37. The van der Waals surface area contributed by atoms with Crippen LogP contribution in [0.4, 0.5) is 5.69 Å². The van der Waals surface area contributed by atoms with Crippen LogP contribution in [-0.2, 0) is 0 Å². The molecule has 5 heteroatoms. The Morgan fingerprint density at radius 2 is 2.12 bits per heavy atom. The number of amidine groups is 1. The van der Waals surface area contributed by atoms with Gasteiger partial charge in [0.15, 0.2) is 0 Å². The molecule has 1 aromatic carbocycles. The highest BCUT2D eigenvalue weighted by Crippen LogP contribution is 2.29. The van der Waals surface area contributed by atoms with Gasteiger partial charge in [0.05, 0.1) is 21.8 Å². The van der Waals surface area contributed by atoms with Gasteiger partial charge in [-0.3, -0.25) is 15.4 Å². The quantitative estimate of drug-likeness (QED) is 0.838. The van der Waals surface area contributed by atoms with E-state index >= 15 is 0 Å². The molecule has 16 heavy (non-hydrogen) atoms. The van der Waals surface area contributed by atoms with E-state index in [0.29, 0.717) is 16.1 Å². The molecular formula is C11H13Cl2N3. The van der Waals surface area contributed by atoms with Gasteiger partial charge >= 0.3 is 0 Å². The first-order valence-electron chi connectivity index (χ1n) is 5.08. The molecule has 1 aliphatic heterocycles. The number of nitrogens with one attached hydrogen (secondary N) is 1. The Morgan fingerprint density at radius 3 is 2.69 bits per heavy atom. The standard InChI is InChI=1S/C11H13Cl2N3/c1-7-5-11(14-2)15-16(7)8-3-4-9(12)10(13)6-8/h3-4,6-7H,5H2,1-2H3,(H,14,15)/t7-/m0/s1. The molecule has 2 rings (SSSR count). The zero-order chi connectivity index (χ0) is 11.7. The first-order valence-corrected chi connectivity index (χ1v) is 5.84. The van der Waals surface area contributed by atoms with Crippen molar-refractivity contribution >= 4 is 34.7 Å². The van der Waals surface area contributed by atoms with Gasteiger partial charge in [-0.05, 0) is 25.1 Å². The minimum atomic E-state index is 0.357. The van der Waals surface area contributed by atoms with Crippen LogP contribution in [0, 0.1) is 0 Å². The lowest BCUT2D eigenvalue weighted by atomic mass is 10.2. The molecule has 0 saturated carbocycles. The average Bonchev–Trinajstić information content (AvgIpc) is 2.64. The van der Waals surface area contributed by atoms with Crippen LogP contribution >= 0.6 is 23.2 Å². The molecule has 1 aromatic rings. The predicted molar refractivity (Wildman–Crippen MR) is 69.5 cm³/mol. The van der Waals surface area contributed by atoms with E-state index in [2.05, 4.69) is 17.3 Å². The van der Waals surface area contributed by atoms with E-state index in [1.165, 1.54) is 0 Å². The Hall–Kier alpha value is -0.930. The van der Waals surface area contributed by atoms with Crippen molar-refractivity contribution in [2.45, 2.75) is 19.4 Å². The largest absolute Gasteiger partial charge is 0.285 e. The van der Waals surface area contributed by atoms with Crippen molar-refractivity contribution in [3.8, 4) is 0 Å². The van der Waals surface area contributed by atoms with Gasteiger partial charge < -0.3 is 0 Å². The first kappa shape index (κ1) is 11.6. The van der Waals surface area contributed by atoms with Gasteiger partial charge in [-0.15, -0.1) is 0 Å². The molecule has 0 spiro atoms. The number of aliphatic imine (C=N–C) groups is 1. The van der Waals surface area contributed by atoms with Crippen molar-refractivity contribution in [3.05, 3.63) is 28.2 Å². The van der Waals surface area contributed by atoms with Crippen LogP contribution in [0.5, 0.6) is 0 Å². The average molecular weight is 258 g/mol. The van der Waals surface area contributed by atoms with Crippen molar-refractivity contribution in [2.75, 3.05) is 12.1 Å². The molecule has 1 atom stereocenters. The highest BCUT2D eigenvalue weighted by molar-refractivity contribution is 6.42. The van der Waals surface area contributed by atoms with Gasteiger partial charge in [0.1, 0.15) is 5.84 Å². The van der Waals surface area contributed by atoms with Crippen LogP contribution in [0.15, 0.2) is 23.2 Å². The first-order chi connectivity index (χ1) is 7.61. The lowest BCUT2D eigenvalue weighted by molar-refractivity contribution is 0.700. The van der Waals surface area contributed by atoms with E-state index in [9.17, 15) is 0 Å². The fourth-order valence-corrected chi connectivity index (χ4v) is 2.05. The van der Waals surface area contributed by atoms with E-state index < -0.39 is 0 Å². The molecule has 1 saturated heterocycles. The Labute approximate surface area is 105 Å². The Kier molecular flexibility index (Phi) is 3.26. The SMILES string of the molecule is CN=C1C[C@H](C)N(c2ccc(Cl)c(Cl)c2)N1. The van der Waals surface area contributed by atoms with E-state index in [1.54, 1.807) is 13.1 Å². The molecule has 1 heterocycles. The summed E-state index contributed by atoms with van der Waals surface area (Å²) in [4.78, 5) is 4.16. The number of halogens is 2. The summed E-state index contributed by atoms with van der Waals surface area (Å²) in [6, 6.07) is 5.95. The molecule has 1 N–H and O–H groups in total. The number of rotatable bonds is 1. The van der Waals surface area contributed by atoms with Crippen LogP contribution in [0.25, 0.3) is 0 Å². The van der Waals surface area contributed by atoms with Gasteiger partial charge in [0, 0.05) is 13.5 Å². The van der Waals surface area contributed by atoms with Crippen LogP contribution < -0.4 is 10.4 Å². The summed E-state index contributed by atoms with van der Waals surface area (Å²) in [7, 11) is 1.79. The number of hydrazine groups is 1. The Bertz CT molecular complexity index is 431. The molecule has 0 amide bonds. The second-order valence-corrected chi connectivity index (χ2v) is 4.62. The highest BCUT2D eigenvalue weighted by atomic mass is 35.5. The van der Waals surface area contributed by atoms with Crippen molar-refractivity contribution in [2.24, 2.45) is 4.99 Å². The van der Waals surface area contributed by atoms with Crippen LogP contribution in [0.2, 0.25) is 10.0 Å². The summed E-state index contributed by atoms with van der Waals surface area (Å²) >= 11 is 11.9. The summed E-state index contributed by atoms with van der Waals surface area (Å²) in [6.45, 7) is 2.13. The summed E-state index contributed by atoms with van der Waals surface area (Å²) in [5.41, 5.74) is 4.24. The van der Waals surface area contributed by atoms with Gasteiger partial charge in [-0.1, -0.05) is 23.2 Å². The molecular weight excluding hydrogens is 245 g/mol. The second-order valence-electron chi connectivity index (χ2n) is 3.80. The third-order valence-electron chi connectivity index (χ3n) is 2.63. The summed E-state index contributed by atoms with van der Waals surface area (Å²) < 4.78 is 0. The normalized spacial score (nSPS) is 22.6. The Morgan fingerprint density at radius 1 is 1.38 bits per heavy atom. The predicted octanol–water partition coefficient (Wildman–Crippen LogP) is 3.12. The molecule has 0 bridgehead atoms. The Balaban J connectivity index is 2.28. The highest BCUT2D eigenvalue weighted by Gasteiger charge is 2.25. The maximum atomic E-state index is 5.99. The number of benzene rings is 1. The van der Waals surface area contributed by atoms with Gasteiger partial charge in [0.2, 0.25) is 0 Å². The van der Waals surface area contributed by atoms with E-state index in [4.69, 9.17) is 23.2 Å². The van der Waals surface area contributed by atoms with Gasteiger partial charge in [-0.2, -0.15) is 0 Å². The number of anilines is 1. The molecule has 0 aliphatic carbocycles. The smallest absolute Gasteiger partial charge is 0.117 e. The summed E-state index contributed by atoms with van der Waals surface area (Å²) in [5.74, 6) is 0.985. The second kappa shape index (κ2) is 4.52. The fraction of sp³-hybridized carbons (Fsp3) is 0.364. The van der Waals surface area contributed by atoms with E-state index in [-0.39, 0.29) is 0 Å². The van der Waals surface area contributed by atoms with E-state index in [0.717, 1.165) is 17.9 Å². The molecule has 0 unspecified atom stereocenters. The molecule has 3 nitrogen and oxygen atoms in total. The number of hydrogen-bond donors (Lipinski definition) is 1. The zero-order valence-electron chi connectivity index (χ0n) is 9.17. The lowest BCUT2D eigenvalue weighted by Gasteiger charge is -2.23. The van der Waals surface area contributed by atoms with Crippen LogP contribution in [0.1, 0.15) is 13.3 Å². The molecule has 0 radical (unpaired) electrons. The maximum absolute atomic E-state index is 5.99. The maximum Gasteiger partial charge on any atom is 0.117 e. The summed E-state index contributed by atoms with van der Waals surface area (Å²) in [6.07, 6.45) is 0.913. The monoisotopic (exact) mass is 257 g/mol. The van der Waals surface area contributed by atoms with E-state index in [1.807, 2.05) is 17.1 Å². The van der Waals surface area contributed by atoms with Crippen molar-refractivity contribution in [3.63, 3.8) is 0 Å². The minimum absolute atomic E-state index is 0.357. The van der Waals surface area contributed by atoms with Gasteiger partial charge in [-0.25, -0.2) is 0 Å². The third kappa shape index (κ3) is 2.11. The molecule has 86 valence electrons. The lowest BCUT2D eigenvalue weighted by Crippen LogP contribution is -2.37. The van der Waals surface area contributed by atoms with Crippen molar-refractivity contribution < 1.29 is 0 Å². The number of nitrogens with zero attached hydrogens (tertiary/aromatic N) is 2. The minimum Gasteiger partial charge on any atom is -0.285 e. The topological polar surface area (TPSA) is 27.6 Å². The van der Waals surface area contributed by atoms with Crippen molar-refractivity contribution in [1.82, 2.24) is 5.43 Å². The molecule has 1 fully saturated rings. The molecule has 0 aromatic heterocycles. The molecule has 1 aliphatic rings. The van der Waals surface area contributed by atoms with Gasteiger partial charge in [0.25, 0.3) is 0 Å². The van der Waals surface area contributed by atoms with Crippen molar-refractivity contribution in [1.29, 1.82) is 0 Å². The van der Waals surface area contributed by atoms with Crippen LogP contribution in [0.3, 0.4) is 0 Å². The van der Waals surface area contributed by atoms with Crippen LogP contribution in [-0.4, -0.2) is 18.9 Å². The zero-order valence-corrected chi connectivity index (χ0v) is 10.7. The summed E-state index contributed by atoms with van der Waals surface area (Å²) in [5, 5.41) is 3.18. The fourth-order valence-electron chi connectivity index (χ4n) is 1.76.